The van der Waals surface area contributed by atoms with Crippen molar-refractivity contribution in [1.29, 1.82) is 0 Å². The first-order chi connectivity index (χ1) is 13.8. The third-order valence-corrected chi connectivity index (χ3v) is 4.98. The van der Waals surface area contributed by atoms with Crippen molar-refractivity contribution in [1.82, 2.24) is 9.80 Å². The first kappa shape index (κ1) is 20.9. The minimum atomic E-state index is -1.07. The molecule has 0 radical (unpaired) electrons. The maximum atomic E-state index is 13.4. The third-order valence-electron chi connectivity index (χ3n) is 4.70. The number of carbonyl (C=O) groups excluding carboxylic acids is 2. The molecule has 0 unspecified atom stereocenters. The second kappa shape index (κ2) is 8.65. The van der Waals surface area contributed by atoms with E-state index in [9.17, 15) is 18.4 Å². The van der Waals surface area contributed by atoms with Gasteiger partial charge in [-0.2, -0.15) is 0 Å². The normalized spacial score (nSPS) is 14.0. The summed E-state index contributed by atoms with van der Waals surface area (Å²) in [6, 6.07) is 6.09. The van der Waals surface area contributed by atoms with Gasteiger partial charge in [0, 0.05) is 37.3 Å². The van der Waals surface area contributed by atoms with Gasteiger partial charge < -0.3 is 19.3 Å². The van der Waals surface area contributed by atoms with Crippen LogP contribution in [0.15, 0.2) is 30.3 Å². The maximum Gasteiger partial charge on any atom is 0.254 e. The quantitative estimate of drug-likeness (QED) is 0.756. The lowest BCUT2D eigenvalue weighted by Gasteiger charge is -2.35. The highest BCUT2D eigenvalue weighted by Gasteiger charge is 2.27. The molecular weight excluding hydrogens is 406 g/mol. The molecule has 154 valence electrons. The maximum absolute atomic E-state index is 13.4. The Bertz CT molecular complexity index is 946. The Morgan fingerprint density at radius 3 is 1.97 bits per heavy atom. The molecule has 9 heteroatoms. The number of methoxy groups -OCH3 is 2. The fourth-order valence-electron chi connectivity index (χ4n) is 3.15. The Hall–Kier alpha value is -2.87. The number of nitrogens with zero attached hydrogens (tertiary/aromatic N) is 2. The third kappa shape index (κ3) is 4.27. The summed E-state index contributed by atoms with van der Waals surface area (Å²) < 4.78 is 36.8. The van der Waals surface area contributed by atoms with E-state index in [1.807, 2.05) is 0 Å². The predicted molar refractivity (Wildman–Crippen MR) is 103 cm³/mol. The number of halogens is 3. The van der Waals surface area contributed by atoms with E-state index in [1.54, 1.807) is 11.0 Å². The van der Waals surface area contributed by atoms with Crippen LogP contribution >= 0.6 is 11.6 Å². The number of hydrogen-bond donors (Lipinski definition) is 0. The average Bonchev–Trinajstić information content (AvgIpc) is 2.74. The highest BCUT2D eigenvalue weighted by molar-refractivity contribution is 6.32. The van der Waals surface area contributed by atoms with E-state index in [0.29, 0.717) is 30.2 Å². The molecule has 3 rings (SSSR count). The topological polar surface area (TPSA) is 59.1 Å². The van der Waals surface area contributed by atoms with Gasteiger partial charge in [-0.25, -0.2) is 8.78 Å². The molecule has 6 nitrogen and oxygen atoms in total. The van der Waals surface area contributed by atoms with Crippen LogP contribution in [0.2, 0.25) is 5.02 Å². The van der Waals surface area contributed by atoms with Gasteiger partial charge in [-0.15, -0.1) is 0 Å². The molecule has 29 heavy (non-hydrogen) atoms. The number of amides is 2. The monoisotopic (exact) mass is 424 g/mol. The van der Waals surface area contributed by atoms with Gasteiger partial charge in [0.05, 0.1) is 19.2 Å². The number of carbonyl (C=O) groups is 2. The molecule has 1 saturated heterocycles. The number of piperazine rings is 1. The van der Waals surface area contributed by atoms with Crippen LogP contribution < -0.4 is 9.47 Å². The van der Waals surface area contributed by atoms with Gasteiger partial charge in [0.25, 0.3) is 11.8 Å². The number of benzene rings is 2. The predicted octanol–water partition coefficient (Wildman–Crippen LogP) is 3.23. The summed E-state index contributed by atoms with van der Waals surface area (Å²) in [6.45, 7) is 1.12. The van der Waals surface area contributed by atoms with Crippen LogP contribution in [-0.2, 0) is 0 Å². The summed E-state index contributed by atoms with van der Waals surface area (Å²) in [6.07, 6.45) is 0. The summed E-state index contributed by atoms with van der Waals surface area (Å²) in [5.74, 6) is -2.07. The zero-order valence-electron chi connectivity index (χ0n) is 15.9. The number of rotatable bonds is 4. The molecule has 2 amide bonds. The van der Waals surface area contributed by atoms with Gasteiger partial charge in [0.2, 0.25) is 0 Å². The summed E-state index contributed by atoms with van der Waals surface area (Å²) in [7, 11) is 2.90. The molecule has 1 aliphatic heterocycles. The lowest BCUT2D eigenvalue weighted by Crippen LogP contribution is -2.50. The summed E-state index contributed by atoms with van der Waals surface area (Å²) >= 11 is 6.17. The van der Waals surface area contributed by atoms with Gasteiger partial charge in [-0.3, -0.25) is 9.59 Å². The highest BCUT2D eigenvalue weighted by Crippen LogP contribution is 2.36. The molecule has 1 fully saturated rings. The number of ether oxygens (including phenoxy) is 2. The van der Waals surface area contributed by atoms with Gasteiger partial charge in [-0.05, 0) is 30.3 Å². The minimum Gasteiger partial charge on any atom is -0.493 e. The average molecular weight is 425 g/mol. The van der Waals surface area contributed by atoms with Crippen LogP contribution in [0.4, 0.5) is 8.78 Å². The van der Waals surface area contributed by atoms with Crippen molar-refractivity contribution >= 4 is 23.4 Å². The van der Waals surface area contributed by atoms with E-state index >= 15 is 0 Å². The molecular formula is C20H19ClF2N2O4. The molecule has 0 aliphatic carbocycles. The Morgan fingerprint density at radius 2 is 1.45 bits per heavy atom. The smallest absolute Gasteiger partial charge is 0.254 e. The van der Waals surface area contributed by atoms with E-state index in [-0.39, 0.29) is 29.6 Å². The van der Waals surface area contributed by atoms with E-state index in [1.165, 1.54) is 31.3 Å². The van der Waals surface area contributed by atoms with E-state index in [2.05, 4.69) is 0 Å². The zero-order valence-corrected chi connectivity index (χ0v) is 16.6. The standard InChI is InChI=1S/C20H19ClF2N2O4/c1-28-17-11-13(9-14(21)18(17)29-2)20(27)25-7-5-24(6-8-25)19(26)12-3-4-15(22)16(23)10-12/h3-4,9-11H,5-8H2,1-2H3. The van der Waals surface area contributed by atoms with Gasteiger partial charge in [0.15, 0.2) is 23.1 Å². The molecule has 0 aromatic heterocycles. The van der Waals surface area contributed by atoms with Crippen molar-refractivity contribution in [3.8, 4) is 11.5 Å². The first-order valence-corrected chi connectivity index (χ1v) is 9.18. The zero-order chi connectivity index (χ0) is 21.1. The summed E-state index contributed by atoms with van der Waals surface area (Å²) in [5, 5.41) is 0.252. The second-order valence-corrected chi connectivity index (χ2v) is 6.81. The minimum absolute atomic E-state index is 0.0651. The van der Waals surface area contributed by atoms with E-state index in [0.717, 1.165) is 12.1 Å². The van der Waals surface area contributed by atoms with Crippen LogP contribution in [0.5, 0.6) is 11.5 Å². The molecule has 1 heterocycles. The van der Waals surface area contributed by atoms with Crippen molar-refractivity contribution in [2.24, 2.45) is 0 Å². The van der Waals surface area contributed by atoms with Crippen LogP contribution in [-0.4, -0.2) is 62.0 Å². The first-order valence-electron chi connectivity index (χ1n) is 8.80. The molecule has 0 atom stereocenters. The molecule has 2 aromatic rings. The summed E-state index contributed by atoms with van der Waals surface area (Å²) in [5.41, 5.74) is 0.406. The van der Waals surface area contributed by atoms with Crippen molar-refractivity contribution < 1.29 is 27.8 Å². The van der Waals surface area contributed by atoms with Crippen LogP contribution in [0.3, 0.4) is 0 Å². The number of hydrogen-bond acceptors (Lipinski definition) is 4. The van der Waals surface area contributed by atoms with Crippen molar-refractivity contribution in [3.05, 3.63) is 58.1 Å². The highest BCUT2D eigenvalue weighted by atomic mass is 35.5. The van der Waals surface area contributed by atoms with E-state index in [4.69, 9.17) is 21.1 Å². The largest absolute Gasteiger partial charge is 0.493 e. The van der Waals surface area contributed by atoms with Gasteiger partial charge in [-0.1, -0.05) is 11.6 Å². The lowest BCUT2D eigenvalue weighted by molar-refractivity contribution is 0.0535. The van der Waals surface area contributed by atoms with Gasteiger partial charge in [0.1, 0.15) is 0 Å². The summed E-state index contributed by atoms with van der Waals surface area (Å²) in [4.78, 5) is 28.4. The molecule has 0 bridgehead atoms. The van der Waals surface area contributed by atoms with Crippen LogP contribution in [0.25, 0.3) is 0 Å². The van der Waals surface area contributed by atoms with Crippen LogP contribution in [0.1, 0.15) is 20.7 Å². The molecule has 0 N–H and O–H groups in total. The molecule has 0 saturated carbocycles. The van der Waals surface area contributed by atoms with Crippen molar-refractivity contribution in [2.45, 2.75) is 0 Å². The molecule has 0 spiro atoms. The van der Waals surface area contributed by atoms with E-state index < -0.39 is 17.5 Å². The SMILES string of the molecule is COc1cc(C(=O)N2CCN(C(=O)c3ccc(F)c(F)c3)CC2)cc(Cl)c1OC. The molecule has 1 aliphatic rings. The van der Waals surface area contributed by atoms with Gasteiger partial charge >= 0.3 is 0 Å². The Kier molecular flexibility index (Phi) is 6.22. The Labute approximate surface area is 171 Å². The fraction of sp³-hybridized carbons (Fsp3) is 0.300. The second-order valence-electron chi connectivity index (χ2n) is 6.41. The molecule has 2 aromatic carbocycles. The van der Waals surface area contributed by atoms with Crippen molar-refractivity contribution in [2.75, 3.05) is 40.4 Å². The fourth-order valence-corrected chi connectivity index (χ4v) is 3.44. The van der Waals surface area contributed by atoms with Crippen LogP contribution in [0, 0.1) is 11.6 Å². The Morgan fingerprint density at radius 1 is 0.862 bits per heavy atom. The lowest BCUT2D eigenvalue weighted by atomic mass is 10.1. The Balaban J connectivity index is 1.69. The van der Waals surface area contributed by atoms with Crippen molar-refractivity contribution in [3.63, 3.8) is 0 Å².